The first kappa shape index (κ1) is 14.3. The monoisotopic (exact) mass is 253 g/mol. The number of aryl methyl sites for hydroxylation is 1. The van der Waals surface area contributed by atoms with Crippen LogP contribution in [-0.4, -0.2) is 43.8 Å². The molecular formula is C13H19NO4. The van der Waals surface area contributed by atoms with E-state index in [2.05, 4.69) is 0 Å². The molecule has 0 bridgehead atoms. The summed E-state index contributed by atoms with van der Waals surface area (Å²) < 4.78 is 10.6. The highest BCUT2D eigenvalue weighted by atomic mass is 16.5. The van der Waals surface area contributed by atoms with Gasteiger partial charge in [-0.25, -0.2) is 0 Å². The number of benzene rings is 1. The number of carboxylic acids is 1. The molecule has 0 unspecified atom stereocenters. The van der Waals surface area contributed by atoms with Crippen LogP contribution in [0, 0.1) is 6.92 Å². The van der Waals surface area contributed by atoms with E-state index >= 15 is 0 Å². The Hall–Kier alpha value is -1.75. The minimum absolute atomic E-state index is 0.0145. The fourth-order valence-electron chi connectivity index (χ4n) is 1.81. The van der Waals surface area contributed by atoms with Crippen molar-refractivity contribution in [3.63, 3.8) is 0 Å². The van der Waals surface area contributed by atoms with Crippen molar-refractivity contribution in [2.75, 3.05) is 27.8 Å². The molecule has 1 aromatic rings. The molecule has 0 heterocycles. The molecule has 0 saturated carbocycles. The molecule has 0 aliphatic heterocycles. The molecule has 18 heavy (non-hydrogen) atoms. The molecule has 5 heteroatoms. The van der Waals surface area contributed by atoms with Gasteiger partial charge in [0.25, 0.3) is 0 Å². The van der Waals surface area contributed by atoms with E-state index in [1.807, 2.05) is 19.1 Å². The van der Waals surface area contributed by atoms with Gasteiger partial charge in [-0.05, 0) is 31.7 Å². The maximum Gasteiger partial charge on any atom is 0.317 e. The van der Waals surface area contributed by atoms with Crippen molar-refractivity contribution in [2.45, 2.75) is 13.5 Å². The number of hydrogen-bond acceptors (Lipinski definition) is 4. The van der Waals surface area contributed by atoms with Crippen LogP contribution >= 0.6 is 0 Å². The second-order valence-corrected chi connectivity index (χ2v) is 4.20. The Morgan fingerprint density at radius 3 is 2.39 bits per heavy atom. The van der Waals surface area contributed by atoms with Crippen molar-refractivity contribution >= 4 is 5.97 Å². The Morgan fingerprint density at radius 1 is 1.28 bits per heavy atom. The van der Waals surface area contributed by atoms with Crippen LogP contribution in [0.1, 0.15) is 11.1 Å². The van der Waals surface area contributed by atoms with Crippen molar-refractivity contribution in [1.82, 2.24) is 4.90 Å². The first-order chi connectivity index (χ1) is 8.47. The molecule has 0 aliphatic carbocycles. The van der Waals surface area contributed by atoms with E-state index in [4.69, 9.17) is 14.6 Å². The Balaban J connectivity index is 2.95. The van der Waals surface area contributed by atoms with E-state index in [0.717, 1.165) is 22.6 Å². The first-order valence-corrected chi connectivity index (χ1v) is 5.59. The summed E-state index contributed by atoms with van der Waals surface area (Å²) in [6.07, 6.45) is 0. The number of carbonyl (C=O) groups is 1. The van der Waals surface area contributed by atoms with Gasteiger partial charge in [0.15, 0.2) is 0 Å². The summed E-state index contributed by atoms with van der Waals surface area (Å²) in [5.74, 6) is 0.663. The number of nitrogens with zero attached hydrogens (tertiary/aromatic N) is 1. The predicted molar refractivity (Wildman–Crippen MR) is 68.3 cm³/mol. The van der Waals surface area contributed by atoms with Crippen LogP contribution in [0.2, 0.25) is 0 Å². The fourth-order valence-corrected chi connectivity index (χ4v) is 1.81. The molecule has 1 aromatic carbocycles. The predicted octanol–water partition coefficient (Wildman–Crippen LogP) is 1.53. The molecule has 0 aliphatic rings. The molecule has 100 valence electrons. The average Bonchev–Trinajstić information content (AvgIpc) is 2.29. The smallest absolute Gasteiger partial charge is 0.317 e. The molecule has 0 fully saturated rings. The van der Waals surface area contributed by atoms with Crippen LogP contribution < -0.4 is 9.47 Å². The number of hydrogen-bond donors (Lipinski definition) is 1. The third-order valence-electron chi connectivity index (χ3n) is 2.64. The molecule has 0 radical (unpaired) electrons. The molecule has 0 saturated heterocycles. The highest BCUT2D eigenvalue weighted by molar-refractivity contribution is 5.69. The standard InChI is InChI=1S/C13H19NO4/c1-9-5-12(18-4)10(6-11(9)17-3)7-14(2)8-13(15)16/h5-6H,7-8H2,1-4H3,(H,15,16). The van der Waals surface area contributed by atoms with Gasteiger partial charge in [0, 0.05) is 12.1 Å². The molecule has 0 aromatic heterocycles. The number of likely N-dealkylation sites (N-methyl/N-ethyl adjacent to an activating group) is 1. The molecule has 0 amide bonds. The summed E-state index contributed by atoms with van der Waals surface area (Å²) in [5, 5.41) is 8.74. The summed E-state index contributed by atoms with van der Waals surface area (Å²) in [6.45, 7) is 2.41. The van der Waals surface area contributed by atoms with Crippen LogP contribution in [0.25, 0.3) is 0 Å². The molecule has 1 N–H and O–H groups in total. The lowest BCUT2D eigenvalue weighted by Gasteiger charge is -2.18. The Bertz CT molecular complexity index is 431. The van der Waals surface area contributed by atoms with Crippen LogP contribution in [0.15, 0.2) is 12.1 Å². The van der Waals surface area contributed by atoms with E-state index < -0.39 is 5.97 Å². The Kier molecular flexibility index (Phi) is 4.97. The number of rotatable bonds is 6. The topological polar surface area (TPSA) is 59.0 Å². The molecule has 0 atom stereocenters. The molecular weight excluding hydrogens is 234 g/mol. The number of aliphatic carboxylic acids is 1. The van der Waals surface area contributed by atoms with E-state index in [1.165, 1.54) is 0 Å². The van der Waals surface area contributed by atoms with Crippen molar-refractivity contribution in [3.8, 4) is 11.5 Å². The Labute approximate surface area is 107 Å². The van der Waals surface area contributed by atoms with Gasteiger partial charge in [-0.2, -0.15) is 0 Å². The van der Waals surface area contributed by atoms with E-state index in [-0.39, 0.29) is 6.54 Å². The van der Waals surface area contributed by atoms with Gasteiger partial charge in [0.05, 0.1) is 20.8 Å². The lowest BCUT2D eigenvalue weighted by molar-refractivity contribution is -0.138. The second kappa shape index (κ2) is 6.26. The van der Waals surface area contributed by atoms with Crippen LogP contribution in [0.3, 0.4) is 0 Å². The van der Waals surface area contributed by atoms with E-state index in [0.29, 0.717) is 6.54 Å². The van der Waals surface area contributed by atoms with Crippen molar-refractivity contribution in [3.05, 3.63) is 23.3 Å². The number of methoxy groups -OCH3 is 2. The van der Waals surface area contributed by atoms with Crippen LogP contribution in [-0.2, 0) is 11.3 Å². The summed E-state index contributed by atoms with van der Waals surface area (Å²) >= 11 is 0. The van der Waals surface area contributed by atoms with E-state index in [1.54, 1.807) is 26.2 Å². The van der Waals surface area contributed by atoms with Crippen molar-refractivity contribution in [1.29, 1.82) is 0 Å². The minimum Gasteiger partial charge on any atom is -0.496 e. The van der Waals surface area contributed by atoms with Gasteiger partial charge in [-0.1, -0.05) is 0 Å². The number of carboxylic acid groups (broad SMARTS) is 1. The largest absolute Gasteiger partial charge is 0.496 e. The van der Waals surface area contributed by atoms with Gasteiger partial charge in [-0.15, -0.1) is 0 Å². The molecule has 0 spiro atoms. The number of ether oxygens (including phenoxy) is 2. The summed E-state index contributed by atoms with van der Waals surface area (Å²) in [5.41, 5.74) is 1.89. The lowest BCUT2D eigenvalue weighted by atomic mass is 10.1. The quantitative estimate of drug-likeness (QED) is 0.833. The average molecular weight is 253 g/mol. The normalized spacial score (nSPS) is 10.5. The van der Waals surface area contributed by atoms with Gasteiger partial charge >= 0.3 is 5.97 Å². The van der Waals surface area contributed by atoms with Gasteiger partial charge in [-0.3, -0.25) is 9.69 Å². The first-order valence-electron chi connectivity index (χ1n) is 5.59. The van der Waals surface area contributed by atoms with Gasteiger partial charge < -0.3 is 14.6 Å². The highest BCUT2D eigenvalue weighted by Gasteiger charge is 2.12. The van der Waals surface area contributed by atoms with Crippen LogP contribution in [0.4, 0.5) is 0 Å². The van der Waals surface area contributed by atoms with Crippen LogP contribution in [0.5, 0.6) is 11.5 Å². The minimum atomic E-state index is -0.851. The Morgan fingerprint density at radius 2 is 1.89 bits per heavy atom. The zero-order chi connectivity index (χ0) is 13.7. The summed E-state index contributed by atoms with van der Waals surface area (Å²) in [7, 11) is 4.96. The zero-order valence-electron chi connectivity index (χ0n) is 11.2. The maximum atomic E-state index is 10.6. The molecule has 1 rings (SSSR count). The fraction of sp³-hybridized carbons (Fsp3) is 0.462. The lowest BCUT2D eigenvalue weighted by Crippen LogP contribution is -2.25. The van der Waals surface area contributed by atoms with Gasteiger partial charge in [0.1, 0.15) is 11.5 Å². The SMILES string of the molecule is COc1cc(CN(C)CC(=O)O)c(OC)cc1C. The molecule has 5 nitrogen and oxygen atoms in total. The summed E-state index contributed by atoms with van der Waals surface area (Å²) in [6, 6.07) is 3.77. The highest BCUT2D eigenvalue weighted by Crippen LogP contribution is 2.28. The summed E-state index contributed by atoms with van der Waals surface area (Å²) in [4.78, 5) is 12.3. The van der Waals surface area contributed by atoms with E-state index in [9.17, 15) is 4.79 Å². The second-order valence-electron chi connectivity index (χ2n) is 4.20. The zero-order valence-corrected chi connectivity index (χ0v) is 11.2. The van der Waals surface area contributed by atoms with Crippen molar-refractivity contribution in [2.24, 2.45) is 0 Å². The van der Waals surface area contributed by atoms with Crippen molar-refractivity contribution < 1.29 is 19.4 Å². The maximum absolute atomic E-state index is 10.6. The third kappa shape index (κ3) is 3.63. The van der Waals surface area contributed by atoms with Gasteiger partial charge in [0.2, 0.25) is 0 Å². The third-order valence-corrected chi connectivity index (χ3v) is 2.64.